The van der Waals surface area contributed by atoms with Crippen molar-refractivity contribution >= 4 is 27.6 Å². The van der Waals surface area contributed by atoms with E-state index in [1.54, 1.807) is 6.08 Å². The van der Waals surface area contributed by atoms with Crippen LogP contribution in [0.1, 0.15) is 213 Å². The summed E-state index contributed by atoms with van der Waals surface area (Å²) in [5.41, 5.74) is 0. The molecular formula is C51H94O14P2. The number of phosphoric ester groups is 2. The van der Waals surface area contributed by atoms with E-state index in [4.69, 9.17) is 28.3 Å². The van der Waals surface area contributed by atoms with Gasteiger partial charge in [0.15, 0.2) is 6.10 Å². The first-order valence-electron chi connectivity index (χ1n) is 25.8. The van der Waals surface area contributed by atoms with Gasteiger partial charge in [-0.2, -0.15) is 0 Å². The van der Waals surface area contributed by atoms with E-state index in [-0.39, 0.29) is 12.8 Å². The zero-order valence-corrected chi connectivity index (χ0v) is 43.6. The molecule has 0 fully saturated rings. The molecule has 2 unspecified atom stereocenters. The summed E-state index contributed by atoms with van der Waals surface area (Å²) >= 11 is 0. The van der Waals surface area contributed by atoms with E-state index in [1.165, 1.54) is 103 Å². The van der Waals surface area contributed by atoms with Gasteiger partial charge >= 0.3 is 27.6 Å². The van der Waals surface area contributed by atoms with E-state index in [0.717, 1.165) is 63.7 Å². The van der Waals surface area contributed by atoms with Crippen LogP contribution < -0.4 is 0 Å². The van der Waals surface area contributed by atoms with Crippen LogP contribution in [0, 0.1) is 5.92 Å². The molecule has 14 nitrogen and oxygen atoms in total. The fourth-order valence-corrected chi connectivity index (χ4v) is 8.17. The van der Waals surface area contributed by atoms with E-state index in [0.29, 0.717) is 19.3 Å². The van der Waals surface area contributed by atoms with Crippen molar-refractivity contribution in [2.75, 3.05) is 26.4 Å². The van der Waals surface area contributed by atoms with Crippen LogP contribution in [0.25, 0.3) is 0 Å². The Hall–Kier alpha value is -1.96. The van der Waals surface area contributed by atoms with Crippen molar-refractivity contribution in [2.24, 2.45) is 5.92 Å². The molecule has 0 aliphatic heterocycles. The van der Waals surface area contributed by atoms with Gasteiger partial charge in [0, 0.05) is 12.8 Å². The van der Waals surface area contributed by atoms with Crippen LogP contribution in [0.5, 0.6) is 0 Å². The van der Waals surface area contributed by atoms with Crippen LogP contribution in [-0.4, -0.2) is 81.6 Å². The van der Waals surface area contributed by atoms with Crippen molar-refractivity contribution in [2.45, 2.75) is 232 Å². The molecule has 0 radical (unpaired) electrons. The first kappa shape index (κ1) is 65.0. The number of carbonyl (C=O) groups excluding carboxylic acids is 2. The van der Waals surface area contributed by atoms with Gasteiger partial charge in [-0.25, -0.2) is 9.13 Å². The molecule has 16 heteroatoms. The van der Waals surface area contributed by atoms with Gasteiger partial charge in [0.25, 0.3) is 0 Å². The Morgan fingerprint density at radius 2 is 1.03 bits per heavy atom. The van der Waals surface area contributed by atoms with Gasteiger partial charge in [0.05, 0.1) is 25.9 Å². The number of hydrogen-bond donors (Lipinski definition) is 5. The third-order valence-corrected chi connectivity index (χ3v) is 12.8. The van der Waals surface area contributed by atoms with Gasteiger partial charge < -0.3 is 34.4 Å². The Labute approximate surface area is 405 Å². The number of allylic oxidation sites excluding steroid dienone is 7. The average molecular weight is 993 g/mol. The number of hydrogen-bond acceptors (Lipinski definition) is 11. The highest BCUT2D eigenvalue weighted by Gasteiger charge is 2.28. The Kier molecular flexibility index (Phi) is 43.9. The zero-order chi connectivity index (χ0) is 49.7. The van der Waals surface area contributed by atoms with E-state index in [1.807, 2.05) is 42.5 Å². The number of aliphatic hydroxyl groups is 2. The molecule has 392 valence electrons. The summed E-state index contributed by atoms with van der Waals surface area (Å²) in [7, 11) is -9.72. The second kappa shape index (κ2) is 45.2. The van der Waals surface area contributed by atoms with Crippen LogP contribution >= 0.6 is 15.6 Å². The molecule has 67 heavy (non-hydrogen) atoms. The molecule has 5 atom stereocenters. The lowest BCUT2D eigenvalue weighted by atomic mass is 9.99. The Bertz CT molecular complexity index is 1400. The number of unbranched alkanes of at least 4 members (excludes halogenated alkanes) is 20. The maximum atomic E-state index is 12.7. The largest absolute Gasteiger partial charge is 0.472 e. The number of rotatable bonds is 48. The smallest absolute Gasteiger partial charge is 0.462 e. The van der Waals surface area contributed by atoms with Gasteiger partial charge in [0.1, 0.15) is 12.7 Å². The highest BCUT2D eigenvalue weighted by molar-refractivity contribution is 7.47. The summed E-state index contributed by atoms with van der Waals surface area (Å²) in [6.07, 6.45) is 44.3. The highest BCUT2D eigenvalue weighted by atomic mass is 31.2. The molecule has 0 heterocycles. The molecule has 0 aromatic heterocycles. The Balaban J connectivity index is 4.47. The molecule has 0 saturated heterocycles. The molecule has 5 N–H and O–H groups in total. The number of esters is 2. The fraction of sp³-hybridized carbons (Fsp3) is 0.804. The van der Waals surface area contributed by atoms with E-state index in [9.17, 15) is 33.8 Å². The molecule has 0 aromatic rings. The summed E-state index contributed by atoms with van der Waals surface area (Å²) < 4.78 is 47.9. The Morgan fingerprint density at radius 1 is 0.537 bits per heavy atom. The third kappa shape index (κ3) is 48.8. The second-order valence-electron chi connectivity index (χ2n) is 17.9. The van der Waals surface area contributed by atoms with E-state index in [2.05, 4.69) is 25.3 Å². The molecular weight excluding hydrogens is 898 g/mol. The predicted octanol–water partition coefficient (Wildman–Crippen LogP) is 13.0. The monoisotopic (exact) mass is 993 g/mol. The topological polar surface area (TPSA) is 216 Å². The van der Waals surface area contributed by atoms with Crippen molar-refractivity contribution in [1.82, 2.24) is 0 Å². The lowest BCUT2D eigenvalue weighted by molar-refractivity contribution is -0.161. The van der Waals surface area contributed by atoms with Gasteiger partial charge in [-0.3, -0.25) is 23.2 Å². The van der Waals surface area contributed by atoms with Crippen molar-refractivity contribution < 1.29 is 66.7 Å². The molecule has 0 amide bonds. The van der Waals surface area contributed by atoms with Crippen LogP contribution in [0.2, 0.25) is 0 Å². The van der Waals surface area contributed by atoms with Crippen LogP contribution in [0.4, 0.5) is 0 Å². The van der Waals surface area contributed by atoms with Crippen LogP contribution in [-0.2, 0) is 41.8 Å². The van der Waals surface area contributed by atoms with Gasteiger partial charge in [-0.15, -0.1) is 0 Å². The minimum absolute atomic E-state index is 0.0361. The summed E-state index contributed by atoms with van der Waals surface area (Å²) in [5.74, 6) is -0.236. The summed E-state index contributed by atoms with van der Waals surface area (Å²) in [6, 6.07) is 0. The first-order valence-corrected chi connectivity index (χ1v) is 28.9. The van der Waals surface area contributed by atoms with Crippen molar-refractivity contribution in [3.63, 3.8) is 0 Å². The van der Waals surface area contributed by atoms with E-state index < -0.39 is 72.3 Å². The number of phosphoric acid groups is 2. The van der Waals surface area contributed by atoms with Gasteiger partial charge in [-0.05, 0) is 44.4 Å². The Morgan fingerprint density at radius 3 is 1.60 bits per heavy atom. The maximum absolute atomic E-state index is 12.7. The molecule has 0 rings (SSSR count). The number of ether oxygens (including phenoxy) is 2. The molecule has 0 bridgehead atoms. The van der Waals surface area contributed by atoms with Crippen molar-refractivity contribution in [1.29, 1.82) is 0 Å². The molecule has 0 aliphatic rings. The zero-order valence-electron chi connectivity index (χ0n) is 41.8. The highest BCUT2D eigenvalue weighted by Crippen LogP contribution is 2.44. The number of carbonyl (C=O) groups is 2. The minimum Gasteiger partial charge on any atom is -0.462 e. The van der Waals surface area contributed by atoms with Gasteiger partial charge in [0.2, 0.25) is 0 Å². The predicted molar refractivity (Wildman–Crippen MR) is 268 cm³/mol. The molecule has 0 aromatic carbocycles. The summed E-state index contributed by atoms with van der Waals surface area (Å²) in [6.45, 7) is 3.98. The van der Waals surface area contributed by atoms with E-state index >= 15 is 0 Å². The van der Waals surface area contributed by atoms with Crippen molar-refractivity contribution in [3.8, 4) is 0 Å². The second-order valence-corrected chi connectivity index (χ2v) is 20.6. The fourth-order valence-electron chi connectivity index (χ4n) is 7.02. The van der Waals surface area contributed by atoms with Gasteiger partial charge in [-0.1, -0.05) is 211 Å². The summed E-state index contributed by atoms with van der Waals surface area (Å²) in [5, 5.41) is 19.7. The lowest BCUT2D eigenvalue weighted by Gasteiger charge is -2.20. The number of aliphatic hydroxyl groups excluding tert-OH is 2. The first-order chi connectivity index (χ1) is 32.2. The summed E-state index contributed by atoms with van der Waals surface area (Å²) in [4.78, 5) is 52.9. The standard InChI is InChI=1S/C51H94O14P2/c1-4-6-32-38-47(52)39-34-29-25-21-17-15-19-23-27-31-36-41-51(55)65-49(45-64-67(59,60)63-43-48(53)42-62-66(56,57)58)44-61-50(54)40-35-30-26-22-18-14-12-10-8-7-9-11-13-16-20-24-28-33-37-46(3)5-2/h15,17,23,25,27,29,34,39,46-49,52-53H,4-14,16,18-22,24,26,28,30-33,35-38,40-45H2,1-3H3,(H,59,60)(H2,56,57,58)/b17-15-,27-23-,29-25-,39-34+/t46?,47-,48-,49+/m0/s1. The van der Waals surface area contributed by atoms with Crippen molar-refractivity contribution in [3.05, 3.63) is 48.6 Å². The third-order valence-electron chi connectivity index (χ3n) is 11.4. The minimum atomic E-state index is -4.88. The molecule has 0 spiro atoms. The molecule has 0 saturated carbocycles. The lowest BCUT2D eigenvalue weighted by Crippen LogP contribution is -2.29. The van der Waals surface area contributed by atoms with Crippen LogP contribution in [0.3, 0.4) is 0 Å². The maximum Gasteiger partial charge on any atom is 0.472 e. The quantitative estimate of drug-likeness (QED) is 0.0126. The normalized spacial score (nSPS) is 15.2. The SMILES string of the molecule is CCCCC[C@H](O)/C=C/C=C\C/C=C\C/C=C\CCCC(=O)O[C@H](COC(=O)CCCCCCCCCCCCCCCCCCCCC(C)CC)COP(=O)(O)OC[C@@H](O)COP(=O)(O)O. The van der Waals surface area contributed by atoms with Crippen LogP contribution in [0.15, 0.2) is 48.6 Å². The average Bonchev–Trinajstić information content (AvgIpc) is 3.29. The molecule has 0 aliphatic carbocycles.